The van der Waals surface area contributed by atoms with E-state index in [9.17, 15) is 45.8 Å². The van der Waals surface area contributed by atoms with Crippen molar-refractivity contribution < 1.29 is 59.9 Å². The van der Waals surface area contributed by atoms with E-state index in [0.29, 0.717) is 33.9 Å². The van der Waals surface area contributed by atoms with Crippen molar-refractivity contribution in [1.29, 1.82) is 0 Å². The first-order chi connectivity index (χ1) is 24.1. The van der Waals surface area contributed by atoms with Crippen LogP contribution in [0.1, 0.15) is 85.2 Å². The van der Waals surface area contributed by atoms with E-state index in [1.807, 2.05) is 0 Å². The molecule has 2 heterocycles. The molecule has 1 aliphatic carbocycles. The highest BCUT2D eigenvalue weighted by molar-refractivity contribution is 6.24. The maximum absolute atomic E-state index is 13.7. The molecule has 5 rings (SSSR count). The molecule has 0 unspecified atom stereocenters. The van der Waals surface area contributed by atoms with E-state index >= 15 is 0 Å². The van der Waals surface area contributed by atoms with Gasteiger partial charge in [-0.25, -0.2) is 9.59 Å². The van der Waals surface area contributed by atoms with Crippen molar-refractivity contribution in [3.8, 4) is 0 Å². The average Bonchev–Trinajstić information content (AvgIpc) is 3.41. The second-order valence-corrected chi connectivity index (χ2v) is 14.0. The molecule has 0 aromatic heterocycles. The zero-order valence-corrected chi connectivity index (χ0v) is 29.5. The second-order valence-electron chi connectivity index (χ2n) is 14.0. The van der Waals surface area contributed by atoms with Gasteiger partial charge in [0.15, 0.2) is 11.5 Å². The van der Waals surface area contributed by atoms with Crippen molar-refractivity contribution in [1.82, 2.24) is 0 Å². The van der Waals surface area contributed by atoms with Gasteiger partial charge in [-0.15, -0.1) is 0 Å². The number of hydrogen-bond donors (Lipinski definition) is 0. The highest BCUT2D eigenvalue weighted by Crippen LogP contribution is 2.50. The molecule has 0 saturated heterocycles. The highest BCUT2D eigenvalue weighted by Gasteiger charge is 2.47. The summed E-state index contributed by atoms with van der Waals surface area (Å²) in [6.07, 6.45) is -8.76. The van der Waals surface area contributed by atoms with E-state index < -0.39 is 59.5 Å². The lowest BCUT2D eigenvalue weighted by Gasteiger charge is -2.33. The zero-order valence-electron chi connectivity index (χ0n) is 29.5. The van der Waals surface area contributed by atoms with E-state index in [-0.39, 0.29) is 48.2 Å². The van der Waals surface area contributed by atoms with Crippen LogP contribution in [0.2, 0.25) is 0 Å². The Labute approximate surface area is 296 Å². The van der Waals surface area contributed by atoms with Crippen LogP contribution in [0.3, 0.4) is 0 Å². The van der Waals surface area contributed by atoms with E-state index in [1.54, 1.807) is 61.4 Å². The third-order valence-corrected chi connectivity index (χ3v) is 9.85. The van der Waals surface area contributed by atoms with Crippen LogP contribution >= 0.6 is 0 Å². The number of ketones is 1. The molecule has 0 saturated carbocycles. The van der Waals surface area contributed by atoms with Crippen molar-refractivity contribution >= 4 is 34.8 Å². The number of carbonyl (C=O) groups excluding carboxylic acids is 3. The molecule has 52 heavy (non-hydrogen) atoms. The van der Waals surface area contributed by atoms with Gasteiger partial charge in [0.1, 0.15) is 6.54 Å². The van der Waals surface area contributed by atoms with Gasteiger partial charge in [-0.2, -0.15) is 30.9 Å². The largest absolute Gasteiger partial charge is 0.871 e. The topological polar surface area (TPSA) is 99.0 Å². The van der Waals surface area contributed by atoms with Crippen molar-refractivity contribution in [2.75, 3.05) is 32.2 Å². The molecule has 0 spiro atoms. The first kappa shape index (κ1) is 38.4. The number of nitrogens with zero attached hydrogens (tertiary/aromatic N) is 2. The third kappa shape index (κ3) is 7.11. The molecule has 278 valence electrons. The number of allylic oxidation sites excluding steroid dienone is 5. The van der Waals surface area contributed by atoms with Gasteiger partial charge in [0.05, 0.1) is 30.8 Å². The molecule has 0 radical (unpaired) electrons. The quantitative estimate of drug-likeness (QED) is 0.111. The molecular weight excluding hydrogens is 694 g/mol. The van der Waals surface area contributed by atoms with Crippen molar-refractivity contribution in [2.45, 2.75) is 76.6 Å². The van der Waals surface area contributed by atoms with Crippen LogP contribution in [0.25, 0.3) is 0 Å². The summed E-state index contributed by atoms with van der Waals surface area (Å²) in [6.45, 7) is 6.88. The molecule has 8 nitrogen and oxygen atoms in total. The molecule has 0 bridgehead atoms. The van der Waals surface area contributed by atoms with Gasteiger partial charge in [0.25, 0.3) is 0 Å². The number of anilines is 1. The number of hydrogen-bond acceptors (Lipinski definition) is 7. The molecule has 0 N–H and O–H groups in total. The number of alkyl halides is 6. The van der Waals surface area contributed by atoms with Crippen LogP contribution in [0.15, 0.2) is 71.2 Å². The number of methoxy groups -OCH3 is 2. The normalized spacial score (nSPS) is 19.3. The molecule has 0 fully saturated rings. The Morgan fingerprint density at radius 1 is 0.827 bits per heavy atom. The molecule has 2 aromatic carbocycles. The monoisotopic (exact) mass is 732 g/mol. The first-order valence-electron chi connectivity index (χ1n) is 16.5. The summed E-state index contributed by atoms with van der Waals surface area (Å²) >= 11 is 0. The Balaban J connectivity index is 1.58. The second kappa shape index (κ2) is 13.6. The van der Waals surface area contributed by atoms with Gasteiger partial charge in [0.2, 0.25) is 5.69 Å². The number of halogens is 6. The summed E-state index contributed by atoms with van der Waals surface area (Å²) < 4.78 is 90.2. The summed E-state index contributed by atoms with van der Waals surface area (Å²) in [5.74, 6) is -2.51. The van der Waals surface area contributed by atoms with Crippen molar-refractivity contribution in [3.05, 3.63) is 93.4 Å². The summed E-state index contributed by atoms with van der Waals surface area (Å²) in [5, 5.41) is 13.7. The van der Waals surface area contributed by atoms with E-state index in [1.165, 1.54) is 38.5 Å². The first-order valence-corrected chi connectivity index (χ1v) is 16.5. The van der Waals surface area contributed by atoms with Crippen LogP contribution in [-0.2, 0) is 25.1 Å². The molecule has 2 aliphatic heterocycles. The fraction of sp³-hybridized carbons (Fsp3) is 0.421. The van der Waals surface area contributed by atoms with Gasteiger partial charge >= 0.3 is 24.3 Å². The Bertz CT molecular complexity index is 1970. The molecule has 2 aromatic rings. The Morgan fingerprint density at radius 2 is 1.38 bits per heavy atom. The lowest BCUT2D eigenvalue weighted by Crippen LogP contribution is -2.35. The van der Waals surface area contributed by atoms with E-state index in [0.717, 1.165) is 0 Å². The van der Waals surface area contributed by atoms with E-state index in [4.69, 9.17) is 9.47 Å². The van der Waals surface area contributed by atoms with Crippen molar-refractivity contribution in [2.24, 2.45) is 0 Å². The molecule has 0 atom stereocenters. The summed E-state index contributed by atoms with van der Waals surface area (Å²) in [7, 11) is 2.44. The number of Topliss-reactive ketones (excluding diaryl/α,β-unsaturated/α-hetero) is 1. The Hall–Kier alpha value is -4.88. The van der Waals surface area contributed by atoms with Crippen LogP contribution in [0.4, 0.5) is 37.7 Å². The SMILES string of the molecule is COC(=O)c1ccc2c(c1)C(C)(C)C(/C=C1/C(=O)C(/C=C3/N(CCCC(F)(F)F)c4ccc(C(=O)OC)cc4C3(C)C)=C1[O-])=[N+]2CCCC(F)(F)F. The fourth-order valence-electron chi connectivity index (χ4n) is 7.09. The fourth-order valence-corrected chi connectivity index (χ4v) is 7.09. The predicted molar refractivity (Wildman–Crippen MR) is 178 cm³/mol. The number of fused-ring (bicyclic) bond motifs is 2. The van der Waals surface area contributed by atoms with Crippen LogP contribution in [0, 0.1) is 0 Å². The van der Waals surface area contributed by atoms with Crippen molar-refractivity contribution in [3.63, 3.8) is 0 Å². The van der Waals surface area contributed by atoms with Gasteiger partial charge in [-0.3, -0.25) is 4.79 Å². The molecule has 14 heteroatoms. The number of esters is 2. The number of rotatable bonds is 10. The van der Waals surface area contributed by atoms with Gasteiger partial charge in [-0.1, -0.05) is 19.6 Å². The standard InChI is InChI=1S/C38H38F6N2O6/c1-35(2)25-17-21(33(49)51-5)9-11-27(25)45(15-7-13-37(39,40)41)29(35)19-23-31(47)24(32(23)48)20-30-36(3,4)26-18-22(34(50)52-6)10-12-28(26)46(30)16-8-14-38(42,43)44/h9-12,17-20H,7-8,13-16H2,1-6H3. The summed E-state index contributed by atoms with van der Waals surface area (Å²) in [4.78, 5) is 40.0. The highest BCUT2D eigenvalue weighted by atomic mass is 19.4. The maximum Gasteiger partial charge on any atom is 0.389 e. The minimum atomic E-state index is -4.40. The van der Waals surface area contributed by atoms with E-state index in [2.05, 4.69) is 0 Å². The Kier molecular flexibility index (Phi) is 10.0. The number of carbonyl (C=O) groups is 3. The molecule has 0 amide bonds. The van der Waals surface area contributed by atoms with Gasteiger partial charge < -0.3 is 19.5 Å². The predicted octanol–water partition coefficient (Wildman–Crippen LogP) is 7.13. The average molecular weight is 733 g/mol. The summed E-state index contributed by atoms with van der Waals surface area (Å²) in [5.41, 5.74) is 1.08. The third-order valence-electron chi connectivity index (χ3n) is 9.85. The molecular formula is C38H38F6N2O6. The zero-order chi connectivity index (χ0) is 38.6. The minimum absolute atomic E-state index is 0.0947. The molecule has 3 aliphatic rings. The summed E-state index contributed by atoms with van der Waals surface area (Å²) in [6, 6.07) is 9.31. The number of benzene rings is 2. The minimum Gasteiger partial charge on any atom is -0.871 e. The van der Waals surface area contributed by atoms with Crippen LogP contribution < -0.4 is 10.0 Å². The lowest BCUT2D eigenvalue weighted by molar-refractivity contribution is -0.439. The van der Waals surface area contributed by atoms with Crippen LogP contribution in [-0.4, -0.2) is 67.7 Å². The smallest absolute Gasteiger partial charge is 0.389 e. The number of ether oxygens (including phenoxy) is 2. The lowest BCUT2D eigenvalue weighted by atomic mass is 9.77. The van der Waals surface area contributed by atoms with Gasteiger partial charge in [-0.05, 0) is 62.2 Å². The van der Waals surface area contributed by atoms with Gasteiger partial charge in [0, 0.05) is 71.5 Å². The maximum atomic E-state index is 13.7. The van der Waals surface area contributed by atoms with Crippen LogP contribution in [0.5, 0.6) is 0 Å². The Morgan fingerprint density at radius 3 is 1.94 bits per heavy atom.